The van der Waals surface area contributed by atoms with Crippen LogP contribution in [-0.2, 0) is 0 Å². The molecule has 0 aliphatic heterocycles. The first-order valence-corrected chi connectivity index (χ1v) is 6.76. The average Bonchev–Trinajstić information content (AvgIpc) is 2.32. The zero-order valence-electron chi connectivity index (χ0n) is 11.1. The number of anilines is 2. The lowest BCUT2D eigenvalue weighted by atomic mass is 10.1. The van der Waals surface area contributed by atoms with E-state index in [0.717, 1.165) is 11.1 Å². The van der Waals surface area contributed by atoms with Gasteiger partial charge < -0.3 is 11.1 Å². The lowest BCUT2D eigenvalue weighted by Crippen LogP contribution is -2.13. The predicted molar refractivity (Wildman–Crippen MR) is 84.7 cm³/mol. The molecule has 2 aromatic rings. The highest BCUT2D eigenvalue weighted by Gasteiger charge is 2.14. The van der Waals surface area contributed by atoms with Crippen LogP contribution >= 0.6 is 23.2 Å². The molecule has 0 atom stereocenters. The minimum absolute atomic E-state index is 0.197. The minimum Gasteiger partial charge on any atom is -0.399 e. The third-order valence-electron chi connectivity index (χ3n) is 2.77. The monoisotopic (exact) mass is 308 g/mol. The number of aryl methyl sites for hydroxylation is 2. The van der Waals surface area contributed by atoms with Gasteiger partial charge in [-0.2, -0.15) is 0 Å². The Labute approximate surface area is 127 Å². The zero-order chi connectivity index (χ0) is 14.9. The molecule has 0 radical (unpaired) electrons. The smallest absolute Gasteiger partial charge is 0.257 e. The molecule has 2 aromatic carbocycles. The fourth-order valence-electron chi connectivity index (χ4n) is 2.02. The SMILES string of the molecule is Cc1cc(C)cc(NC(=O)c2cc(N)cc(Cl)c2Cl)c1. The van der Waals surface area contributed by atoms with Crippen molar-refractivity contribution >= 4 is 40.5 Å². The van der Waals surface area contributed by atoms with Gasteiger partial charge in [-0.05, 0) is 49.2 Å². The van der Waals surface area contributed by atoms with E-state index in [-0.39, 0.29) is 21.5 Å². The number of hydrogen-bond donors (Lipinski definition) is 2. The molecule has 3 N–H and O–H groups in total. The number of amides is 1. The van der Waals surface area contributed by atoms with Crippen LogP contribution in [0.3, 0.4) is 0 Å². The first-order valence-electron chi connectivity index (χ1n) is 6.01. The number of rotatable bonds is 2. The van der Waals surface area contributed by atoms with Gasteiger partial charge in [-0.15, -0.1) is 0 Å². The fourth-order valence-corrected chi connectivity index (χ4v) is 2.44. The van der Waals surface area contributed by atoms with Crippen LogP contribution < -0.4 is 11.1 Å². The molecule has 3 nitrogen and oxygen atoms in total. The Balaban J connectivity index is 2.33. The predicted octanol–water partition coefficient (Wildman–Crippen LogP) is 4.44. The molecule has 0 saturated heterocycles. The van der Waals surface area contributed by atoms with E-state index in [9.17, 15) is 4.79 Å². The summed E-state index contributed by atoms with van der Waals surface area (Å²) in [6.07, 6.45) is 0. The van der Waals surface area contributed by atoms with E-state index in [1.54, 1.807) is 0 Å². The number of carbonyl (C=O) groups is 1. The van der Waals surface area contributed by atoms with Crippen molar-refractivity contribution in [1.29, 1.82) is 0 Å². The summed E-state index contributed by atoms with van der Waals surface area (Å²) in [5.74, 6) is -0.339. The largest absolute Gasteiger partial charge is 0.399 e. The van der Waals surface area contributed by atoms with Crippen molar-refractivity contribution in [1.82, 2.24) is 0 Å². The maximum atomic E-state index is 12.3. The number of hydrogen-bond acceptors (Lipinski definition) is 2. The number of halogens is 2. The Morgan fingerprint density at radius 1 is 1.05 bits per heavy atom. The highest BCUT2D eigenvalue weighted by molar-refractivity contribution is 6.44. The van der Waals surface area contributed by atoms with Gasteiger partial charge in [0.25, 0.3) is 5.91 Å². The van der Waals surface area contributed by atoms with E-state index in [1.807, 2.05) is 32.0 Å². The van der Waals surface area contributed by atoms with Crippen LogP contribution in [0.5, 0.6) is 0 Å². The van der Waals surface area contributed by atoms with Crippen molar-refractivity contribution in [2.75, 3.05) is 11.1 Å². The quantitative estimate of drug-likeness (QED) is 0.806. The Morgan fingerprint density at radius 2 is 1.65 bits per heavy atom. The number of benzene rings is 2. The van der Waals surface area contributed by atoms with Crippen molar-refractivity contribution in [3.63, 3.8) is 0 Å². The third kappa shape index (κ3) is 3.24. The highest BCUT2D eigenvalue weighted by Crippen LogP contribution is 2.29. The number of nitrogens with two attached hydrogens (primary N) is 1. The zero-order valence-corrected chi connectivity index (χ0v) is 12.6. The molecule has 0 heterocycles. The molecule has 0 aliphatic carbocycles. The Morgan fingerprint density at radius 3 is 2.25 bits per heavy atom. The summed E-state index contributed by atoms with van der Waals surface area (Å²) in [6.45, 7) is 3.93. The number of nitrogen functional groups attached to an aromatic ring is 1. The summed E-state index contributed by atoms with van der Waals surface area (Å²) >= 11 is 12.0. The van der Waals surface area contributed by atoms with Crippen molar-refractivity contribution in [2.45, 2.75) is 13.8 Å². The maximum absolute atomic E-state index is 12.3. The molecule has 2 rings (SSSR count). The van der Waals surface area contributed by atoms with E-state index >= 15 is 0 Å². The van der Waals surface area contributed by atoms with Gasteiger partial charge in [-0.1, -0.05) is 29.3 Å². The van der Waals surface area contributed by atoms with E-state index in [1.165, 1.54) is 12.1 Å². The van der Waals surface area contributed by atoms with E-state index in [2.05, 4.69) is 5.32 Å². The first kappa shape index (κ1) is 14.7. The summed E-state index contributed by atoms with van der Waals surface area (Å²) in [4.78, 5) is 12.3. The molecule has 5 heteroatoms. The molecule has 0 spiro atoms. The fraction of sp³-hybridized carbons (Fsp3) is 0.133. The standard InChI is InChI=1S/C15H14Cl2N2O/c1-8-3-9(2)5-11(4-8)19-15(20)12-6-10(18)7-13(16)14(12)17/h3-7H,18H2,1-2H3,(H,19,20). The maximum Gasteiger partial charge on any atom is 0.257 e. The topological polar surface area (TPSA) is 55.1 Å². The molecule has 20 heavy (non-hydrogen) atoms. The average molecular weight is 309 g/mol. The van der Waals surface area contributed by atoms with Crippen molar-refractivity contribution in [3.05, 3.63) is 57.1 Å². The molecular weight excluding hydrogens is 295 g/mol. The molecule has 0 bridgehead atoms. The molecule has 0 aromatic heterocycles. The summed E-state index contributed by atoms with van der Waals surface area (Å²) < 4.78 is 0. The van der Waals surface area contributed by atoms with Gasteiger partial charge in [-0.25, -0.2) is 0 Å². The van der Waals surface area contributed by atoms with Crippen LogP contribution in [0.25, 0.3) is 0 Å². The first-order chi connectivity index (χ1) is 9.36. The van der Waals surface area contributed by atoms with Crippen LogP contribution in [0.15, 0.2) is 30.3 Å². The summed E-state index contributed by atoms with van der Waals surface area (Å²) in [5.41, 5.74) is 9.18. The molecule has 0 saturated carbocycles. The van der Waals surface area contributed by atoms with Crippen LogP contribution in [0, 0.1) is 13.8 Å². The van der Waals surface area contributed by atoms with Gasteiger partial charge in [0, 0.05) is 11.4 Å². The van der Waals surface area contributed by atoms with Gasteiger partial charge in [0.15, 0.2) is 0 Å². The summed E-state index contributed by atoms with van der Waals surface area (Å²) in [6, 6.07) is 8.81. The second kappa shape index (κ2) is 5.73. The van der Waals surface area contributed by atoms with E-state index < -0.39 is 0 Å². The van der Waals surface area contributed by atoms with Gasteiger partial charge in [-0.3, -0.25) is 4.79 Å². The lowest BCUT2D eigenvalue weighted by molar-refractivity contribution is 0.102. The Bertz CT molecular complexity index is 664. The second-order valence-electron chi connectivity index (χ2n) is 4.69. The van der Waals surface area contributed by atoms with Gasteiger partial charge in [0.2, 0.25) is 0 Å². The molecule has 0 aliphatic rings. The second-order valence-corrected chi connectivity index (χ2v) is 5.48. The van der Waals surface area contributed by atoms with Gasteiger partial charge in [0.05, 0.1) is 15.6 Å². The number of carbonyl (C=O) groups excluding carboxylic acids is 1. The van der Waals surface area contributed by atoms with E-state index in [0.29, 0.717) is 11.4 Å². The molecule has 104 valence electrons. The van der Waals surface area contributed by atoms with Gasteiger partial charge >= 0.3 is 0 Å². The van der Waals surface area contributed by atoms with E-state index in [4.69, 9.17) is 28.9 Å². The molecule has 0 fully saturated rings. The molecular formula is C15H14Cl2N2O. The third-order valence-corrected chi connectivity index (χ3v) is 3.58. The van der Waals surface area contributed by atoms with Crippen molar-refractivity contribution in [3.8, 4) is 0 Å². The lowest BCUT2D eigenvalue weighted by Gasteiger charge is -2.10. The van der Waals surface area contributed by atoms with Crippen LogP contribution in [0.4, 0.5) is 11.4 Å². The van der Waals surface area contributed by atoms with Crippen molar-refractivity contribution in [2.24, 2.45) is 0 Å². The molecule has 0 unspecified atom stereocenters. The highest BCUT2D eigenvalue weighted by atomic mass is 35.5. The minimum atomic E-state index is -0.339. The normalized spacial score (nSPS) is 10.4. The summed E-state index contributed by atoms with van der Waals surface area (Å²) in [5, 5.41) is 3.26. The van der Waals surface area contributed by atoms with Gasteiger partial charge in [0.1, 0.15) is 0 Å². The van der Waals surface area contributed by atoms with Crippen molar-refractivity contribution < 1.29 is 4.79 Å². The van der Waals surface area contributed by atoms with Crippen LogP contribution in [0.1, 0.15) is 21.5 Å². The van der Waals surface area contributed by atoms with Crippen LogP contribution in [-0.4, -0.2) is 5.91 Å². The molecule has 1 amide bonds. The summed E-state index contributed by atoms with van der Waals surface area (Å²) in [7, 11) is 0. The Kier molecular flexibility index (Phi) is 4.21. The Hall–Kier alpha value is -1.71. The van der Waals surface area contributed by atoms with Crippen LogP contribution in [0.2, 0.25) is 10.0 Å². The number of nitrogens with one attached hydrogen (secondary N) is 1.